The van der Waals surface area contributed by atoms with Crippen LogP contribution in [0.4, 0.5) is 0 Å². The lowest BCUT2D eigenvalue weighted by Crippen LogP contribution is -1.83. The highest BCUT2D eigenvalue weighted by molar-refractivity contribution is 7.99. The molecule has 2 rings (SSSR count). The molecule has 0 radical (unpaired) electrons. The summed E-state index contributed by atoms with van der Waals surface area (Å²) in [6.45, 7) is 0. The molecule has 4 heteroatoms. The Labute approximate surface area is 110 Å². The van der Waals surface area contributed by atoms with Gasteiger partial charge in [0.25, 0.3) is 0 Å². The Balaban J connectivity index is 2.18. The van der Waals surface area contributed by atoms with E-state index in [0.29, 0.717) is 11.3 Å². The van der Waals surface area contributed by atoms with Gasteiger partial charge in [-0.3, -0.25) is 0 Å². The van der Waals surface area contributed by atoms with Crippen LogP contribution in [0.1, 0.15) is 5.56 Å². The third-order valence-corrected chi connectivity index (χ3v) is 3.37. The van der Waals surface area contributed by atoms with Crippen LogP contribution >= 0.6 is 11.8 Å². The van der Waals surface area contributed by atoms with E-state index in [0.717, 1.165) is 9.79 Å². The number of hydrogen-bond donors (Lipinski definition) is 1. The van der Waals surface area contributed by atoms with Crippen molar-refractivity contribution >= 4 is 11.8 Å². The smallest absolute Gasteiger partial charge is 0.160 e. The Morgan fingerprint density at radius 1 is 1.11 bits per heavy atom. The van der Waals surface area contributed by atoms with Gasteiger partial charge in [0.15, 0.2) is 11.5 Å². The highest BCUT2D eigenvalue weighted by atomic mass is 32.2. The van der Waals surface area contributed by atoms with Gasteiger partial charge < -0.3 is 9.84 Å². The maximum Gasteiger partial charge on any atom is 0.160 e. The van der Waals surface area contributed by atoms with Crippen molar-refractivity contribution in [3.8, 4) is 17.6 Å². The van der Waals surface area contributed by atoms with Gasteiger partial charge >= 0.3 is 0 Å². The second-order valence-corrected chi connectivity index (χ2v) is 4.72. The summed E-state index contributed by atoms with van der Waals surface area (Å²) in [5.41, 5.74) is 0.636. The Hall–Kier alpha value is -2.12. The number of hydrogen-bond acceptors (Lipinski definition) is 4. The molecule has 18 heavy (non-hydrogen) atoms. The first-order valence-corrected chi connectivity index (χ1v) is 6.09. The summed E-state index contributed by atoms with van der Waals surface area (Å²) >= 11 is 1.52. The summed E-state index contributed by atoms with van der Waals surface area (Å²) in [5.74, 6) is 0.579. The molecule has 0 aliphatic carbocycles. The Bertz CT molecular complexity index is 588. The van der Waals surface area contributed by atoms with Crippen molar-refractivity contribution in [1.29, 1.82) is 5.26 Å². The van der Waals surface area contributed by atoms with Crippen LogP contribution in [0.5, 0.6) is 11.5 Å². The molecule has 0 aliphatic heterocycles. The van der Waals surface area contributed by atoms with Crippen LogP contribution in [0.3, 0.4) is 0 Å². The molecule has 0 unspecified atom stereocenters. The standard InChI is InChI=1S/C14H11NO2S/c1-17-14-7-6-12(8-13(14)16)18-11-4-2-10(9-15)3-5-11/h2-8,16H,1H3. The minimum absolute atomic E-state index is 0.121. The molecule has 90 valence electrons. The van der Waals surface area contributed by atoms with Gasteiger partial charge in [0.1, 0.15) is 0 Å². The monoisotopic (exact) mass is 257 g/mol. The highest BCUT2D eigenvalue weighted by Gasteiger charge is 2.04. The molecule has 0 atom stereocenters. The second-order valence-electron chi connectivity index (χ2n) is 3.57. The van der Waals surface area contributed by atoms with Crippen molar-refractivity contribution in [2.45, 2.75) is 9.79 Å². The SMILES string of the molecule is COc1ccc(Sc2ccc(C#N)cc2)cc1O. The molecule has 0 spiro atoms. The third-order valence-electron chi connectivity index (χ3n) is 2.37. The van der Waals surface area contributed by atoms with E-state index < -0.39 is 0 Å². The molecular formula is C14H11NO2S. The first-order chi connectivity index (χ1) is 8.72. The molecule has 0 aromatic heterocycles. The summed E-state index contributed by atoms with van der Waals surface area (Å²) in [6.07, 6.45) is 0. The molecule has 1 N–H and O–H groups in total. The summed E-state index contributed by atoms with van der Waals surface area (Å²) in [7, 11) is 1.52. The van der Waals surface area contributed by atoms with Gasteiger partial charge in [-0.25, -0.2) is 0 Å². The van der Waals surface area contributed by atoms with Gasteiger partial charge in [0.2, 0.25) is 0 Å². The van der Waals surface area contributed by atoms with Crippen LogP contribution in [0.15, 0.2) is 52.3 Å². The number of ether oxygens (including phenoxy) is 1. The van der Waals surface area contributed by atoms with Crippen LogP contribution in [-0.4, -0.2) is 12.2 Å². The lowest BCUT2D eigenvalue weighted by molar-refractivity contribution is 0.372. The van der Waals surface area contributed by atoms with E-state index in [2.05, 4.69) is 6.07 Å². The topological polar surface area (TPSA) is 53.2 Å². The van der Waals surface area contributed by atoms with E-state index in [1.54, 1.807) is 24.3 Å². The molecule has 0 bridgehead atoms. The summed E-state index contributed by atoms with van der Waals surface area (Å²) in [5, 5.41) is 18.4. The van der Waals surface area contributed by atoms with Crippen LogP contribution in [0.2, 0.25) is 0 Å². The van der Waals surface area contributed by atoms with E-state index in [4.69, 9.17) is 10.00 Å². The fraction of sp³-hybridized carbons (Fsp3) is 0.0714. The Kier molecular flexibility index (Phi) is 3.75. The molecule has 0 saturated heterocycles. The number of aromatic hydroxyl groups is 1. The average molecular weight is 257 g/mol. The van der Waals surface area contributed by atoms with E-state index in [-0.39, 0.29) is 5.75 Å². The molecule has 0 heterocycles. The van der Waals surface area contributed by atoms with E-state index in [1.165, 1.54) is 18.9 Å². The van der Waals surface area contributed by atoms with Crippen molar-refractivity contribution < 1.29 is 9.84 Å². The number of benzene rings is 2. The average Bonchev–Trinajstić information content (AvgIpc) is 2.40. The van der Waals surface area contributed by atoms with E-state index in [9.17, 15) is 5.11 Å². The zero-order chi connectivity index (χ0) is 13.0. The molecule has 0 fully saturated rings. The third kappa shape index (κ3) is 2.76. The summed E-state index contributed by atoms with van der Waals surface area (Å²) < 4.78 is 4.99. The molecule has 0 saturated carbocycles. The number of nitrogens with zero attached hydrogens (tertiary/aromatic N) is 1. The molecule has 2 aromatic rings. The fourth-order valence-corrected chi connectivity index (χ4v) is 2.32. The van der Waals surface area contributed by atoms with E-state index >= 15 is 0 Å². The van der Waals surface area contributed by atoms with Crippen molar-refractivity contribution in [3.63, 3.8) is 0 Å². The molecule has 0 aliphatic rings. The summed E-state index contributed by atoms with van der Waals surface area (Å²) in [4.78, 5) is 1.93. The van der Waals surface area contributed by atoms with Crippen molar-refractivity contribution in [2.75, 3.05) is 7.11 Å². The normalized spacial score (nSPS) is 9.78. The van der Waals surface area contributed by atoms with Crippen LogP contribution in [-0.2, 0) is 0 Å². The van der Waals surface area contributed by atoms with Crippen molar-refractivity contribution in [1.82, 2.24) is 0 Å². The molecule has 3 nitrogen and oxygen atoms in total. The number of rotatable bonds is 3. The largest absolute Gasteiger partial charge is 0.504 e. The Morgan fingerprint density at radius 2 is 1.78 bits per heavy atom. The number of phenols is 1. The van der Waals surface area contributed by atoms with Crippen LogP contribution in [0, 0.1) is 11.3 Å². The van der Waals surface area contributed by atoms with Crippen LogP contribution < -0.4 is 4.74 Å². The number of nitriles is 1. The van der Waals surface area contributed by atoms with Crippen molar-refractivity contribution in [3.05, 3.63) is 48.0 Å². The Morgan fingerprint density at radius 3 is 2.33 bits per heavy atom. The first kappa shape index (κ1) is 12.3. The minimum atomic E-state index is 0.121. The lowest BCUT2D eigenvalue weighted by atomic mass is 10.2. The van der Waals surface area contributed by atoms with Gasteiger partial charge in [-0.15, -0.1) is 0 Å². The second kappa shape index (κ2) is 5.48. The zero-order valence-electron chi connectivity index (χ0n) is 9.75. The van der Waals surface area contributed by atoms with Gasteiger partial charge in [-0.05, 0) is 42.5 Å². The highest BCUT2D eigenvalue weighted by Crippen LogP contribution is 2.34. The van der Waals surface area contributed by atoms with Gasteiger partial charge in [0, 0.05) is 9.79 Å². The maximum absolute atomic E-state index is 9.67. The van der Waals surface area contributed by atoms with Gasteiger partial charge in [-0.2, -0.15) is 5.26 Å². The molecule has 2 aromatic carbocycles. The summed E-state index contributed by atoms with van der Waals surface area (Å²) in [6, 6.07) is 14.6. The van der Waals surface area contributed by atoms with Gasteiger partial charge in [-0.1, -0.05) is 11.8 Å². The quantitative estimate of drug-likeness (QED) is 0.915. The minimum Gasteiger partial charge on any atom is -0.504 e. The maximum atomic E-state index is 9.67. The van der Waals surface area contributed by atoms with E-state index in [1.807, 2.05) is 18.2 Å². The molecule has 0 amide bonds. The first-order valence-electron chi connectivity index (χ1n) is 5.28. The predicted octanol–water partition coefficient (Wildman–Crippen LogP) is 3.42. The molecular weight excluding hydrogens is 246 g/mol. The predicted molar refractivity (Wildman–Crippen MR) is 69.9 cm³/mol. The zero-order valence-corrected chi connectivity index (χ0v) is 10.6. The number of methoxy groups -OCH3 is 1. The van der Waals surface area contributed by atoms with Gasteiger partial charge in [0.05, 0.1) is 18.7 Å². The fourth-order valence-electron chi connectivity index (χ4n) is 1.47. The lowest BCUT2D eigenvalue weighted by Gasteiger charge is -2.06. The number of phenolic OH excluding ortho intramolecular Hbond substituents is 1. The van der Waals surface area contributed by atoms with Crippen molar-refractivity contribution in [2.24, 2.45) is 0 Å². The van der Waals surface area contributed by atoms with Crippen LogP contribution in [0.25, 0.3) is 0 Å².